The van der Waals surface area contributed by atoms with Gasteiger partial charge in [0.2, 0.25) is 0 Å². The minimum atomic E-state index is -0.413. The largest absolute Gasteiger partial charge is 0.490 e. The lowest BCUT2D eigenvalue weighted by molar-refractivity contribution is -0.132. The van der Waals surface area contributed by atoms with Gasteiger partial charge >= 0.3 is 5.97 Å². The van der Waals surface area contributed by atoms with Crippen LogP contribution in [-0.4, -0.2) is 18.4 Å². The summed E-state index contributed by atoms with van der Waals surface area (Å²) in [6.07, 6.45) is 1.17. The van der Waals surface area contributed by atoms with E-state index in [1.807, 2.05) is 43.3 Å². The fraction of sp³-hybridized carbons (Fsp3) is 0.333. The van der Waals surface area contributed by atoms with Gasteiger partial charge in [-0.3, -0.25) is 9.59 Å². The van der Waals surface area contributed by atoms with E-state index in [9.17, 15) is 9.59 Å². The maximum absolute atomic E-state index is 13.9. The Hall–Kier alpha value is -4.06. The van der Waals surface area contributed by atoms with E-state index in [1.165, 1.54) is 18.1 Å². The molecule has 2 aliphatic rings. The molecule has 1 heterocycles. The van der Waals surface area contributed by atoms with Crippen LogP contribution in [0.1, 0.15) is 76.1 Å². The smallest absolute Gasteiger partial charge is 0.308 e. The number of rotatable bonds is 5. The van der Waals surface area contributed by atoms with Gasteiger partial charge in [-0.2, -0.15) is 0 Å². The Morgan fingerprint density at radius 2 is 1.62 bits per heavy atom. The average Bonchev–Trinajstić information content (AvgIpc) is 3.06. The molecule has 0 aromatic heterocycles. The second-order valence-electron chi connectivity index (χ2n) is 11.3. The molecule has 3 aromatic carbocycles. The van der Waals surface area contributed by atoms with Crippen LogP contribution in [0.15, 0.2) is 78.0 Å². The number of benzene rings is 3. The molecule has 0 fully saturated rings. The van der Waals surface area contributed by atoms with Crippen molar-refractivity contribution in [3.63, 3.8) is 0 Å². The summed E-state index contributed by atoms with van der Waals surface area (Å²) >= 11 is 0. The van der Waals surface area contributed by atoms with Crippen molar-refractivity contribution in [1.82, 2.24) is 0 Å². The zero-order chi connectivity index (χ0) is 27.7. The van der Waals surface area contributed by atoms with Crippen molar-refractivity contribution in [2.75, 3.05) is 17.2 Å². The number of carbonyl (C=O) groups excluding carboxylic acids is 2. The Labute approximate surface area is 230 Å². The summed E-state index contributed by atoms with van der Waals surface area (Å²) in [6, 6.07) is 21.8. The summed E-state index contributed by atoms with van der Waals surface area (Å²) in [5.74, 6) is 0.626. The fourth-order valence-electron chi connectivity index (χ4n) is 5.45. The Morgan fingerprint density at radius 3 is 2.28 bits per heavy atom. The molecule has 2 atom stereocenters. The summed E-state index contributed by atoms with van der Waals surface area (Å²) in [4.78, 5) is 25.5. The number of fused-ring (bicyclic) bond motifs is 1. The Bertz CT molecular complexity index is 1430. The highest BCUT2D eigenvalue weighted by Gasteiger charge is 2.36. The number of anilines is 2. The summed E-state index contributed by atoms with van der Waals surface area (Å²) in [6.45, 7) is 10.3. The number of hydrogen-bond acceptors (Lipinski definition) is 6. The molecule has 39 heavy (non-hydrogen) atoms. The molecule has 1 aliphatic heterocycles. The summed E-state index contributed by atoms with van der Waals surface area (Å²) < 4.78 is 11.2. The van der Waals surface area contributed by atoms with Crippen molar-refractivity contribution >= 4 is 23.1 Å². The molecule has 1 aliphatic carbocycles. The number of ether oxygens (including phenoxy) is 2. The molecule has 5 rings (SSSR count). The highest BCUT2D eigenvalue weighted by molar-refractivity contribution is 6.01. The third-order valence-corrected chi connectivity index (χ3v) is 7.41. The zero-order valence-electron chi connectivity index (χ0n) is 23.3. The number of esters is 1. The monoisotopic (exact) mass is 524 g/mol. The summed E-state index contributed by atoms with van der Waals surface area (Å²) in [7, 11) is 0. The summed E-state index contributed by atoms with van der Waals surface area (Å²) in [5.41, 5.74) is 6.91. The van der Waals surface area contributed by atoms with E-state index in [0.717, 1.165) is 34.6 Å². The number of allylic oxidation sites excluding steroid dienone is 1. The van der Waals surface area contributed by atoms with Gasteiger partial charge in [0.05, 0.1) is 24.0 Å². The molecule has 202 valence electrons. The SMILES string of the molecule is CCOc1cc(C2Nc3ccccc3NC3=C2C(=O)CC(c2ccc(C(C)(C)C)cc2)C3)ccc1OC(C)=O. The molecule has 6 nitrogen and oxygen atoms in total. The number of carbonyl (C=O) groups is 2. The Kier molecular flexibility index (Phi) is 7.21. The topological polar surface area (TPSA) is 76.7 Å². The lowest BCUT2D eigenvalue weighted by atomic mass is 9.77. The number of Topliss-reactive ketones (excluding diaryl/α,β-unsaturated/α-hetero) is 1. The van der Waals surface area contributed by atoms with Crippen LogP contribution in [0, 0.1) is 0 Å². The normalized spacial score (nSPS) is 18.7. The molecule has 2 unspecified atom stereocenters. The molecule has 0 saturated heterocycles. The maximum Gasteiger partial charge on any atom is 0.308 e. The molecule has 3 aromatic rings. The van der Waals surface area contributed by atoms with Crippen molar-refractivity contribution in [3.05, 3.63) is 94.7 Å². The number of para-hydroxylation sites is 2. The van der Waals surface area contributed by atoms with Gasteiger partial charge in [-0.1, -0.05) is 63.2 Å². The van der Waals surface area contributed by atoms with E-state index in [0.29, 0.717) is 24.5 Å². The Morgan fingerprint density at radius 1 is 0.923 bits per heavy atom. The van der Waals surface area contributed by atoms with E-state index in [1.54, 1.807) is 6.07 Å². The number of hydrogen-bond donors (Lipinski definition) is 2. The van der Waals surface area contributed by atoms with Crippen molar-refractivity contribution in [1.29, 1.82) is 0 Å². The van der Waals surface area contributed by atoms with Gasteiger partial charge in [-0.15, -0.1) is 0 Å². The maximum atomic E-state index is 13.9. The van der Waals surface area contributed by atoms with Crippen LogP contribution in [0.2, 0.25) is 0 Å². The zero-order valence-corrected chi connectivity index (χ0v) is 23.3. The molecule has 0 saturated carbocycles. The Balaban J connectivity index is 1.56. The van der Waals surface area contributed by atoms with E-state index < -0.39 is 12.0 Å². The third-order valence-electron chi connectivity index (χ3n) is 7.41. The van der Waals surface area contributed by atoms with Gasteiger partial charge in [0.15, 0.2) is 17.3 Å². The van der Waals surface area contributed by atoms with E-state index >= 15 is 0 Å². The first kappa shape index (κ1) is 26.5. The molecule has 2 N–H and O–H groups in total. The minimum absolute atomic E-state index is 0.0768. The lowest BCUT2D eigenvalue weighted by Crippen LogP contribution is -2.27. The second kappa shape index (κ2) is 10.6. The highest BCUT2D eigenvalue weighted by atomic mass is 16.6. The molecule has 0 bridgehead atoms. The molecule has 6 heteroatoms. The second-order valence-corrected chi connectivity index (χ2v) is 11.3. The van der Waals surface area contributed by atoms with Gasteiger partial charge in [0, 0.05) is 24.6 Å². The van der Waals surface area contributed by atoms with Crippen molar-refractivity contribution in [2.24, 2.45) is 0 Å². The minimum Gasteiger partial charge on any atom is -0.490 e. The third kappa shape index (κ3) is 5.56. The molecular weight excluding hydrogens is 488 g/mol. The first-order valence-corrected chi connectivity index (χ1v) is 13.6. The average molecular weight is 525 g/mol. The van der Waals surface area contributed by atoms with Gasteiger partial charge in [0.1, 0.15) is 0 Å². The van der Waals surface area contributed by atoms with E-state index in [4.69, 9.17) is 9.47 Å². The van der Waals surface area contributed by atoms with Crippen LogP contribution >= 0.6 is 0 Å². The first-order valence-electron chi connectivity index (χ1n) is 13.6. The molecule has 0 spiro atoms. The van der Waals surface area contributed by atoms with Crippen LogP contribution in [0.4, 0.5) is 11.4 Å². The molecule has 0 amide bonds. The van der Waals surface area contributed by atoms with E-state index in [-0.39, 0.29) is 17.1 Å². The van der Waals surface area contributed by atoms with Crippen LogP contribution in [0.5, 0.6) is 11.5 Å². The number of ketones is 1. The van der Waals surface area contributed by atoms with Gasteiger partial charge in [-0.05, 0) is 65.6 Å². The first-order chi connectivity index (χ1) is 18.6. The van der Waals surface area contributed by atoms with Crippen molar-refractivity contribution in [3.8, 4) is 11.5 Å². The van der Waals surface area contributed by atoms with Crippen molar-refractivity contribution < 1.29 is 19.1 Å². The van der Waals surface area contributed by atoms with Gasteiger partial charge < -0.3 is 20.1 Å². The fourth-order valence-corrected chi connectivity index (χ4v) is 5.45. The van der Waals surface area contributed by atoms with Crippen LogP contribution in [0.3, 0.4) is 0 Å². The van der Waals surface area contributed by atoms with Crippen LogP contribution in [-0.2, 0) is 15.0 Å². The van der Waals surface area contributed by atoms with Gasteiger partial charge in [0.25, 0.3) is 0 Å². The van der Waals surface area contributed by atoms with E-state index in [2.05, 4.69) is 55.7 Å². The lowest BCUT2D eigenvalue weighted by Gasteiger charge is -2.30. The highest BCUT2D eigenvalue weighted by Crippen LogP contribution is 2.45. The quantitative estimate of drug-likeness (QED) is 0.270. The van der Waals surface area contributed by atoms with Gasteiger partial charge in [-0.25, -0.2) is 0 Å². The standard InChI is InChI=1S/C33H36N2O4/c1-6-38-30-19-22(13-16-29(30)39-20(2)36)32-31-27(34-25-9-7-8-10-26(25)35-32)17-23(18-28(31)37)21-11-14-24(15-12-21)33(3,4)5/h7-16,19,23,32,34-35H,6,17-18H2,1-5H3. The molecule has 0 radical (unpaired) electrons. The summed E-state index contributed by atoms with van der Waals surface area (Å²) in [5, 5.41) is 7.21. The predicted octanol–water partition coefficient (Wildman–Crippen LogP) is 7.29. The number of nitrogens with one attached hydrogen (secondary N) is 2. The molecular formula is C33H36N2O4. The van der Waals surface area contributed by atoms with Crippen LogP contribution in [0.25, 0.3) is 0 Å². The van der Waals surface area contributed by atoms with Crippen molar-refractivity contribution in [2.45, 2.75) is 64.8 Å². The van der Waals surface area contributed by atoms with Crippen LogP contribution < -0.4 is 20.1 Å². The predicted molar refractivity (Wildman–Crippen MR) is 154 cm³/mol.